The van der Waals surface area contributed by atoms with E-state index in [1.165, 1.54) is 18.4 Å². The molecule has 0 amide bonds. The first-order chi connectivity index (χ1) is 11.7. The van der Waals surface area contributed by atoms with E-state index in [0.717, 1.165) is 41.2 Å². The lowest BCUT2D eigenvalue weighted by molar-refractivity contribution is 0.318. The molecule has 1 aromatic heterocycles. The van der Waals surface area contributed by atoms with Crippen LogP contribution >= 0.6 is 0 Å². The Morgan fingerprint density at radius 1 is 1.08 bits per heavy atom. The molecule has 4 heteroatoms. The molecule has 126 valence electrons. The summed E-state index contributed by atoms with van der Waals surface area (Å²) in [5.74, 6) is 1.69. The minimum absolute atomic E-state index is 0.838. The Morgan fingerprint density at radius 2 is 1.83 bits per heavy atom. The molecule has 0 spiro atoms. The number of fused-ring (bicyclic) bond motifs is 1. The molecular formula is C20H25N3O. The molecule has 0 aliphatic rings. The maximum Gasteiger partial charge on any atom is 0.128 e. The first kappa shape index (κ1) is 16.5. The van der Waals surface area contributed by atoms with Gasteiger partial charge in [0, 0.05) is 11.9 Å². The zero-order valence-corrected chi connectivity index (χ0v) is 14.7. The third-order valence-electron chi connectivity index (χ3n) is 4.18. The number of hydrogen-bond acceptors (Lipinski definition) is 3. The fourth-order valence-electron chi connectivity index (χ4n) is 2.75. The van der Waals surface area contributed by atoms with Crippen molar-refractivity contribution in [3.63, 3.8) is 0 Å². The van der Waals surface area contributed by atoms with Crippen LogP contribution in [0.5, 0.6) is 11.5 Å². The Kier molecular flexibility index (Phi) is 5.16. The molecule has 0 fully saturated rings. The molecule has 0 saturated carbocycles. The summed E-state index contributed by atoms with van der Waals surface area (Å²) >= 11 is 0. The molecule has 0 bridgehead atoms. The van der Waals surface area contributed by atoms with E-state index in [1.807, 2.05) is 24.3 Å². The van der Waals surface area contributed by atoms with Crippen molar-refractivity contribution < 1.29 is 4.74 Å². The summed E-state index contributed by atoms with van der Waals surface area (Å²) in [7, 11) is 2.15. The van der Waals surface area contributed by atoms with Crippen LogP contribution in [-0.4, -0.2) is 28.7 Å². The molecule has 0 aliphatic carbocycles. The fraction of sp³-hybridized carbons (Fsp3) is 0.350. The number of nitrogens with one attached hydrogen (secondary N) is 1. The van der Waals surface area contributed by atoms with Crippen LogP contribution in [0.15, 0.2) is 42.5 Å². The second kappa shape index (κ2) is 7.49. The quantitative estimate of drug-likeness (QED) is 0.672. The van der Waals surface area contributed by atoms with Gasteiger partial charge in [-0.25, -0.2) is 0 Å². The summed E-state index contributed by atoms with van der Waals surface area (Å²) in [6.45, 7) is 6.25. The van der Waals surface area contributed by atoms with Gasteiger partial charge in [-0.2, -0.15) is 5.10 Å². The number of hydrogen-bond donors (Lipinski definition) is 1. The molecule has 0 aliphatic heterocycles. The van der Waals surface area contributed by atoms with E-state index >= 15 is 0 Å². The normalized spacial score (nSPS) is 11.3. The van der Waals surface area contributed by atoms with Crippen molar-refractivity contribution in [2.75, 3.05) is 13.6 Å². The smallest absolute Gasteiger partial charge is 0.128 e. The van der Waals surface area contributed by atoms with Crippen LogP contribution in [-0.2, 0) is 6.54 Å². The molecule has 24 heavy (non-hydrogen) atoms. The predicted octanol–water partition coefficient (Wildman–Crippen LogP) is 4.90. The molecule has 0 saturated heterocycles. The highest BCUT2D eigenvalue weighted by molar-refractivity contribution is 5.82. The molecule has 0 atom stereocenters. The fourth-order valence-corrected chi connectivity index (χ4v) is 2.75. The van der Waals surface area contributed by atoms with Gasteiger partial charge in [-0.1, -0.05) is 31.0 Å². The largest absolute Gasteiger partial charge is 0.457 e. The third kappa shape index (κ3) is 3.95. The number of H-pyrrole nitrogens is 1. The average Bonchev–Trinajstić information content (AvgIpc) is 2.97. The Labute approximate surface area is 143 Å². The Bertz CT molecular complexity index is 792. The van der Waals surface area contributed by atoms with Crippen molar-refractivity contribution in [3.8, 4) is 11.5 Å². The zero-order valence-electron chi connectivity index (χ0n) is 14.7. The maximum absolute atomic E-state index is 5.98. The Morgan fingerprint density at radius 3 is 2.58 bits per heavy atom. The van der Waals surface area contributed by atoms with Crippen LogP contribution in [0.4, 0.5) is 0 Å². The number of benzene rings is 2. The standard InChI is InChI=1S/C20H25N3O/c1-4-5-12-23(3)14-20-18-13-17(10-11-19(18)21-22-20)24-16-8-6-15(2)7-9-16/h6-11,13H,4-5,12,14H2,1-3H3,(H,21,22). The van der Waals surface area contributed by atoms with Gasteiger partial charge >= 0.3 is 0 Å². The molecule has 3 aromatic rings. The number of rotatable bonds is 7. The second-order valence-corrected chi connectivity index (χ2v) is 6.39. The van der Waals surface area contributed by atoms with Gasteiger partial charge in [-0.05, 0) is 57.3 Å². The van der Waals surface area contributed by atoms with Crippen molar-refractivity contribution in [2.24, 2.45) is 0 Å². The highest BCUT2D eigenvalue weighted by Gasteiger charge is 2.09. The first-order valence-electron chi connectivity index (χ1n) is 8.56. The predicted molar refractivity (Wildman–Crippen MR) is 98.6 cm³/mol. The van der Waals surface area contributed by atoms with Gasteiger partial charge in [0.15, 0.2) is 0 Å². The monoisotopic (exact) mass is 323 g/mol. The van der Waals surface area contributed by atoms with Crippen LogP contribution in [0, 0.1) is 6.92 Å². The lowest BCUT2D eigenvalue weighted by Crippen LogP contribution is -2.19. The Balaban J connectivity index is 1.79. The van der Waals surface area contributed by atoms with Gasteiger partial charge in [-0.3, -0.25) is 5.10 Å². The van der Waals surface area contributed by atoms with Crippen molar-refractivity contribution >= 4 is 10.9 Å². The minimum atomic E-state index is 0.838. The van der Waals surface area contributed by atoms with E-state index in [0.29, 0.717) is 0 Å². The van der Waals surface area contributed by atoms with Crippen LogP contribution in [0.1, 0.15) is 31.0 Å². The maximum atomic E-state index is 5.98. The van der Waals surface area contributed by atoms with Crippen molar-refractivity contribution in [1.82, 2.24) is 15.1 Å². The van der Waals surface area contributed by atoms with E-state index in [4.69, 9.17) is 4.74 Å². The molecule has 1 heterocycles. The molecule has 3 rings (SSSR count). The SMILES string of the molecule is CCCCN(C)Cc1[nH]nc2ccc(Oc3ccc(C)cc3)cc12. The van der Waals surface area contributed by atoms with Gasteiger partial charge in [0.1, 0.15) is 11.5 Å². The summed E-state index contributed by atoms with van der Waals surface area (Å²) in [6, 6.07) is 14.1. The molecule has 0 unspecified atom stereocenters. The molecule has 2 aromatic carbocycles. The zero-order chi connectivity index (χ0) is 16.9. The van der Waals surface area contributed by atoms with Gasteiger partial charge in [0.25, 0.3) is 0 Å². The van der Waals surface area contributed by atoms with E-state index in [-0.39, 0.29) is 0 Å². The number of aromatic amines is 1. The van der Waals surface area contributed by atoms with Crippen LogP contribution in [0.3, 0.4) is 0 Å². The van der Waals surface area contributed by atoms with E-state index in [1.54, 1.807) is 0 Å². The molecule has 0 radical (unpaired) electrons. The molecular weight excluding hydrogens is 298 g/mol. The lowest BCUT2D eigenvalue weighted by atomic mass is 10.2. The van der Waals surface area contributed by atoms with Crippen LogP contribution in [0.2, 0.25) is 0 Å². The molecule has 4 nitrogen and oxygen atoms in total. The Hall–Kier alpha value is -2.33. The average molecular weight is 323 g/mol. The second-order valence-electron chi connectivity index (χ2n) is 6.39. The van der Waals surface area contributed by atoms with Crippen molar-refractivity contribution in [3.05, 3.63) is 53.7 Å². The van der Waals surface area contributed by atoms with E-state index < -0.39 is 0 Å². The van der Waals surface area contributed by atoms with Crippen LogP contribution in [0.25, 0.3) is 10.9 Å². The number of ether oxygens (including phenoxy) is 1. The number of aromatic nitrogens is 2. The summed E-state index contributed by atoms with van der Waals surface area (Å²) in [6.07, 6.45) is 2.42. The van der Waals surface area contributed by atoms with Crippen LogP contribution < -0.4 is 4.74 Å². The summed E-state index contributed by atoms with van der Waals surface area (Å²) < 4.78 is 5.98. The first-order valence-corrected chi connectivity index (χ1v) is 8.56. The van der Waals surface area contributed by atoms with Crippen molar-refractivity contribution in [1.29, 1.82) is 0 Å². The third-order valence-corrected chi connectivity index (χ3v) is 4.18. The highest BCUT2D eigenvalue weighted by atomic mass is 16.5. The van der Waals surface area contributed by atoms with Gasteiger partial charge in [-0.15, -0.1) is 0 Å². The van der Waals surface area contributed by atoms with E-state index in [9.17, 15) is 0 Å². The number of unbranched alkanes of at least 4 members (excludes halogenated alkanes) is 1. The number of aryl methyl sites for hydroxylation is 1. The van der Waals surface area contributed by atoms with E-state index in [2.05, 4.69) is 54.2 Å². The summed E-state index contributed by atoms with van der Waals surface area (Å²) in [5.41, 5.74) is 3.34. The van der Waals surface area contributed by atoms with Gasteiger partial charge in [0.2, 0.25) is 0 Å². The summed E-state index contributed by atoms with van der Waals surface area (Å²) in [5, 5.41) is 8.70. The lowest BCUT2D eigenvalue weighted by Gasteiger charge is -2.15. The topological polar surface area (TPSA) is 41.2 Å². The van der Waals surface area contributed by atoms with Crippen molar-refractivity contribution in [2.45, 2.75) is 33.2 Å². The molecule has 1 N–H and O–H groups in total. The van der Waals surface area contributed by atoms with Gasteiger partial charge < -0.3 is 9.64 Å². The van der Waals surface area contributed by atoms with Gasteiger partial charge in [0.05, 0.1) is 11.2 Å². The highest BCUT2D eigenvalue weighted by Crippen LogP contribution is 2.27. The minimum Gasteiger partial charge on any atom is -0.457 e. The number of nitrogens with zero attached hydrogens (tertiary/aromatic N) is 2. The summed E-state index contributed by atoms with van der Waals surface area (Å²) in [4.78, 5) is 2.32.